The number of aliphatic hydroxyl groups excluding tert-OH is 1. The summed E-state index contributed by atoms with van der Waals surface area (Å²) in [5.74, 6) is -2.07. The van der Waals surface area contributed by atoms with Gasteiger partial charge < -0.3 is 9.84 Å². The molecule has 16 heavy (non-hydrogen) atoms. The van der Waals surface area contributed by atoms with E-state index in [-0.39, 0.29) is 10.6 Å². The van der Waals surface area contributed by atoms with Crippen molar-refractivity contribution in [1.29, 1.82) is 0 Å². The fourth-order valence-corrected chi connectivity index (χ4v) is 1.48. The third-order valence-electron chi connectivity index (χ3n) is 2.33. The van der Waals surface area contributed by atoms with Gasteiger partial charge in [-0.1, -0.05) is 17.7 Å². The topological polar surface area (TPSA) is 46.5 Å². The maximum Gasteiger partial charge on any atom is 0.311 e. The molecule has 0 aliphatic rings. The minimum absolute atomic E-state index is 0.0299. The molecule has 0 saturated carbocycles. The molecule has 1 N–H and O–H groups in total. The molecule has 5 heteroatoms. The average Bonchev–Trinajstić information content (AvgIpc) is 2.26. The lowest BCUT2D eigenvalue weighted by Gasteiger charge is -2.17. The Labute approximate surface area is 97.8 Å². The van der Waals surface area contributed by atoms with E-state index in [1.54, 1.807) is 0 Å². The zero-order valence-corrected chi connectivity index (χ0v) is 9.66. The summed E-state index contributed by atoms with van der Waals surface area (Å²) in [6, 6.07) is 3.89. The van der Waals surface area contributed by atoms with Gasteiger partial charge in [-0.2, -0.15) is 0 Å². The quantitative estimate of drug-likeness (QED) is 0.833. The van der Waals surface area contributed by atoms with Crippen molar-refractivity contribution in [2.45, 2.75) is 13.0 Å². The van der Waals surface area contributed by atoms with Gasteiger partial charge in [-0.25, -0.2) is 4.39 Å². The highest BCUT2D eigenvalue weighted by atomic mass is 35.5. The smallest absolute Gasteiger partial charge is 0.311 e. The largest absolute Gasteiger partial charge is 0.469 e. The van der Waals surface area contributed by atoms with E-state index < -0.39 is 23.8 Å². The Morgan fingerprint density at radius 1 is 1.56 bits per heavy atom. The fraction of sp³-hybridized carbons (Fsp3) is 0.364. The van der Waals surface area contributed by atoms with E-state index in [1.165, 1.54) is 26.2 Å². The molecule has 0 fully saturated rings. The van der Waals surface area contributed by atoms with Crippen molar-refractivity contribution in [2.75, 3.05) is 7.11 Å². The number of ether oxygens (including phenoxy) is 1. The van der Waals surface area contributed by atoms with Gasteiger partial charge in [0.25, 0.3) is 0 Å². The lowest BCUT2D eigenvalue weighted by atomic mass is 9.97. The predicted octanol–water partition coefficient (Wildman–Crippen LogP) is 2.32. The van der Waals surface area contributed by atoms with E-state index >= 15 is 0 Å². The number of rotatable bonds is 3. The fourth-order valence-electron chi connectivity index (χ4n) is 1.33. The van der Waals surface area contributed by atoms with Crippen molar-refractivity contribution < 1.29 is 19.0 Å². The van der Waals surface area contributed by atoms with Crippen LogP contribution in [0.25, 0.3) is 0 Å². The highest BCUT2D eigenvalue weighted by molar-refractivity contribution is 6.30. The summed E-state index contributed by atoms with van der Waals surface area (Å²) in [4.78, 5) is 11.2. The van der Waals surface area contributed by atoms with Crippen LogP contribution in [0.5, 0.6) is 0 Å². The molecule has 0 heterocycles. The molecule has 0 aliphatic carbocycles. The van der Waals surface area contributed by atoms with Crippen LogP contribution in [0.1, 0.15) is 18.6 Å². The van der Waals surface area contributed by atoms with Crippen LogP contribution < -0.4 is 0 Å². The Morgan fingerprint density at radius 3 is 2.69 bits per heavy atom. The van der Waals surface area contributed by atoms with Crippen LogP contribution in [-0.2, 0) is 9.53 Å². The third kappa shape index (κ3) is 2.71. The monoisotopic (exact) mass is 246 g/mol. The summed E-state index contributed by atoms with van der Waals surface area (Å²) in [5, 5.41) is 10.0. The number of aliphatic hydroxyl groups is 1. The molecule has 88 valence electrons. The van der Waals surface area contributed by atoms with Crippen molar-refractivity contribution in [1.82, 2.24) is 0 Å². The molecule has 0 aromatic heterocycles. The predicted molar refractivity (Wildman–Crippen MR) is 57.5 cm³/mol. The van der Waals surface area contributed by atoms with Crippen molar-refractivity contribution >= 4 is 17.6 Å². The van der Waals surface area contributed by atoms with Crippen LogP contribution >= 0.6 is 11.6 Å². The van der Waals surface area contributed by atoms with Crippen molar-refractivity contribution in [3.05, 3.63) is 34.6 Å². The Balaban J connectivity index is 2.96. The molecular weight excluding hydrogens is 235 g/mol. The van der Waals surface area contributed by atoms with Crippen LogP contribution in [0.3, 0.4) is 0 Å². The SMILES string of the molecule is COC(=O)C(C)C(O)c1ccc(Cl)cc1F. The molecule has 1 aromatic rings. The molecule has 2 unspecified atom stereocenters. The van der Waals surface area contributed by atoms with Crippen molar-refractivity contribution in [3.63, 3.8) is 0 Å². The number of halogens is 2. The maximum atomic E-state index is 13.4. The second-order valence-corrected chi connectivity index (χ2v) is 3.86. The van der Waals surface area contributed by atoms with E-state index in [4.69, 9.17) is 11.6 Å². The van der Waals surface area contributed by atoms with Gasteiger partial charge in [0.15, 0.2) is 0 Å². The van der Waals surface area contributed by atoms with E-state index in [9.17, 15) is 14.3 Å². The van der Waals surface area contributed by atoms with Gasteiger partial charge in [0.1, 0.15) is 5.82 Å². The molecule has 3 nitrogen and oxygen atoms in total. The number of hydrogen-bond acceptors (Lipinski definition) is 3. The summed E-state index contributed by atoms with van der Waals surface area (Å²) in [5.41, 5.74) is 0.0299. The summed E-state index contributed by atoms with van der Waals surface area (Å²) < 4.78 is 17.9. The van der Waals surface area contributed by atoms with E-state index in [0.29, 0.717) is 0 Å². The normalized spacial score (nSPS) is 14.3. The van der Waals surface area contributed by atoms with Gasteiger partial charge in [-0.3, -0.25) is 4.79 Å². The number of carbonyl (C=O) groups excluding carboxylic acids is 1. The van der Waals surface area contributed by atoms with Crippen molar-refractivity contribution in [2.24, 2.45) is 5.92 Å². The van der Waals surface area contributed by atoms with E-state index in [0.717, 1.165) is 6.07 Å². The first-order chi connectivity index (χ1) is 7.47. The van der Waals surface area contributed by atoms with Crippen LogP contribution in [0.4, 0.5) is 4.39 Å². The Hall–Kier alpha value is -1.13. The second-order valence-electron chi connectivity index (χ2n) is 3.42. The van der Waals surface area contributed by atoms with Crippen LogP contribution in [-0.4, -0.2) is 18.2 Å². The first-order valence-electron chi connectivity index (χ1n) is 4.68. The molecule has 0 radical (unpaired) electrons. The summed E-state index contributed by atoms with van der Waals surface area (Å²) >= 11 is 5.58. The number of hydrogen-bond donors (Lipinski definition) is 1. The molecule has 2 atom stereocenters. The van der Waals surface area contributed by atoms with Gasteiger partial charge in [-0.05, 0) is 19.1 Å². The molecule has 0 amide bonds. The van der Waals surface area contributed by atoms with Gasteiger partial charge in [0.2, 0.25) is 0 Å². The first-order valence-corrected chi connectivity index (χ1v) is 5.06. The molecule has 0 saturated heterocycles. The zero-order chi connectivity index (χ0) is 12.3. The van der Waals surface area contributed by atoms with Gasteiger partial charge >= 0.3 is 5.97 Å². The second kappa shape index (κ2) is 5.27. The van der Waals surface area contributed by atoms with Gasteiger partial charge in [0.05, 0.1) is 19.1 Å². The number of carbonyl (C=O) groups is 1. The summed E-state index contributed by atoms with van der Waals surface area (Å²) in [6.45, 7) is 1.46. The maximum absolute atomic E-state index is 13.4. The molecule has 1 rings (SSSR count). The van der Waals surface area contributed by atoms with Crippen LogP contribution in [0.2, 0.25) is 5.02 Å². The average molecular weight is 247 g/mol. The molecule has 0 aliphatic heterocycles. The van der Waals surface area contributed by atoms with Crippen LogP contribution in [0, 0.1) is 11.7 Å². The number of methoxy groups -OCH3 is 1. The van der Waals surface area contributed by atoms with E-state index in [2.05, 4.69) is 4.74 Å². The lowest BCUT2D eigenvalue weighted by Crippen LogP contribution is -2.21. The summed E-state index contributed by atoms with van der Waals surface area (Å²) in [6.07, 6.45) is -1.25. The Kier molecular flexibility index (Phi) is 4.26. The minimum Gasteiger partial charge on any atom is -0.469 e. The zero-order valence-electron chi connectivity index (χ0n) is 8.91. The van der Waals surface area contributed by atoms with Crippen molar-refractivity contribution in [3.8, 4) is 0 Å². The highest BCUT2D eigenvalue weighted by Gasteiger charge is 2.26. The molecule has 1 aromatic carbocycles. The Bertz CT molecular complexity index is 395. The molecule has 0 spiro atoms. The number of esters is 1. The van der Waals surface area contributed by atoms with Gasteiger partial charge in [0, 0.05) is 10.6 Å². The van der Waals surface area contributed by atoms with E-state index in [1.807, 2.05) is 0 Å². The Morgan fingerprint density at radius 2 is 2.19 bits per heavy atom. The van der Waals surface area contributed by atoms with Gasteiger partial charge in [-0.15, -0.1) is 0 Å². The molecule has 0 bridgehead atoms. The van der Waals surface area contributed by atoms with Crippen LogP contribution in [0.15, 0.2) is 18.2 Å². The number of benzene rings is 1. The minimum atomic E-state index is -1.25. The third-order valence-corrected chi connectivity index (χ3v) is 2.56. The summed E-state index contributed by atoms with van der Waals surface area (Å²) in [7, 11) is 1.21. The highest BCUT2D eigenvalue weighted by Crippen LogP contribution is 2.26. The first kappa shape index (κ1) is 12.9. The molecular formula is C11H12ClFO3. The standard InChI is InChI=1S/C11H12ClFO3/c1-6(11(15)16-2)10(14)8-4-3-7(12)5-9(8)13/h3-6,10,14H,1-2H3. The lowest BCUT2D eigenvalue weighted by molar-refractivity contribution is -0.148.